The molecular weight excluding hydrogens is 224 g/mol. The lowest BCUT2D eigenvalue weighted by Crippen LogP contribution is -1.91. The van der Waals surface area contributed by atoms with Gasteiger partial charge in [-0.15, -0.1) is 0 Å². The molecule has 94 valence electrons. The minimum absolute atomic E-state index is 0.880. The fourth-order valence-corrected chi connectivity index (χ4v) is 2.08. The summed E-state index contributed by atoms with van der Waals surface area (Å²) in [5.41, 5.74) is 4.86. The van der Waals surface area contributed by atoms with Gasteiger partial charge in [0.1, 0.15) is 11.5 Å². The first kappa shape index (κ1) is 12.5. The Kier molecular flexibility index (Phi) is 3.56. The van der Waals surface area contributed by atoms with E-state index in [-0.39, 0.29) is 0 Å². The zero-order valence-corrected chi connectivity index (χ0v) is 11.3. The van der Waals surface area contributed by atoms with Gasteiger partial charge in [0.15, 0.2) is 0 Å². The van der Waals surface area contributed by atoms with E-state index < -0.39 is 0 Å². The molecule has 0 aliphatic rings. The van der Waals surface area contributed by atoms with E-state index in [1.54, 1.807) is 14.2 Å². The van der Waals surface area contributed by atoms with Crippen molar-refractivity contribution < 1.29 is 9.47 Å². The molecule has 0 bridgehead atoms. The minimum Gasteiger partial charge on any atom is -0.497 e. The zero-order chi connectivity index (χ0) is 13.1. The van der Waals surface area contributed by atoms with Crippen LogP contribution in [0, 0.1) is 13.8 Å². The van der Waals surface area contributed by atoms with Crippen LogP contribution < -0.4 is 9.47 Å². The van der Waals surface area contributed by atoms with Gasteiger partial charge in [-0.2, -0.15) is 0 Å². The first-order valence-corrected chi connectivity index (χ1v) is 5.95. The lowest BCUT2D eigenvalue weighted by Gasteiger charge is -2.12. The Morgan fingerprint density at radius 3 is 1.89 bits per heavy atom. The van der Waals surface area contributed by atoms with Crippen molar-refractivity contribution in [3.63, 3.8) is 0 Å². The molecule has 0 fully saturated rings. The maximum absolute atomic E-state index is 5.29. The van der Waals surface area contributed by atoms with Gasteiger partial charge in [0.2, 0.25) is 0 Å². The Bertz CT molecular complexity index is 559. The normalized spacial score (nSPS) is 10.2. The van der Waals surface area contributed by atoms with Gasteiger partial charge in [-0.3, -0.25) is 0 Å². The summed E-state index contributed by atoms with van der Waals surface area (Å²) in [4.78, 5) is 0. The van der Waals surface area contributed by atoms with Crippen molar-refractivity contribution in [1.82, 2.24) is 0 Å². The SMILES string of the molecule is COc1ccc(-c2cc(OC)ccc2C)c(C)c1. The fourth-order valence-electron chi connectivity index (χ4n) is 2.08. The Morgan fingerprint density at radius 2 is 1.28 bits per heavy atom. The summed E-state index contributed by atoms with van der Waals surface area (Å²) in [6.45, 7) is 4.20. The molecule has 0 heterocycles. The second kappa shape index (κ2) is 5.13. The maximum Gasteiger partial charge on any atom is 0.119 e. The molecule has 0 N–H and O–H groups in total. The van der Waals surface area contributed by atoms with Gasteiger partial charge < -0.3 is 9.47 Å². The van der Waals surface area contributed by atoms with E-state index in [0.29, 0.717) is 0 Å². The molecule has 0 aliphatic heterocycles. The molecule has 0 atom stereocenters. The van der Waals surface area contributed by atoms with Crippen LogP contribution >= 0.6 is 0 Å². The molecule has 0 radical (unpaired) electrons. The first-order valence-electron chi connectivity index (χ1n) is 5.95. The summed E-state index contributed by atoms with van der Waals surface area (Å²) in [5, 5.41) is 0. The molecule has 0 aliphatic carbocycles. The third-order valence-corrected chi connectivity index (χ3v) is 3.17. The van der Waals surface area contributed by atoms with Crippen molar-refractivity contribution in [2.45, 2.75) is 13.8 Å². The quantitative estimate of drug-likeness (QED) is 0.810. The van der Waals surface area contributed by atoms with Crippen LogP contribution in [0.4, 0.5) is 0 Å². The average Bonchev–Trinajstić information content (AvgIpc) is 2.39. The molecule has 0 aromatic heterocycles. The van der Waals surface area contributed by atoms with E-state index in [2.05, 4.69) is 32.0 Å². The second-order valence-corrected chi connectivity index (χ2v) is 4.36. The molecule has 0 saturated heterocycles. The molecule has 0 amide bonds. The molecular formula is C16H18O2. The number of hydrogen-bond acceptors (Lipinski definition) is 2. The molecule has 0 spiro atoms. The van der Waals surface area contributed by atoms with E-state index in [4.69, 9.17) is 9.47 Å². The molecule has 2 aromatic carbocycles. The summed E-state index contributed by atoms with van der Waals surface area (Å²) >= 11 is 0. The lowest BCUT2D eigenvalue weighted by atomic mass is 9.96. The lowest BCUT2D eigenvalue weighted by molar-refractivity contribution is 0.414. The Hall–Kier alpha value is -1.96. The third-order valence-electron chi connectivity index (χ3n) is 3.17. The van der Waals surface area contributed by atoms with E-state index in [1.807, 2.05) is 18.2 Å². The summed E-state index contributed by atoms with van der Waals surface area (Å²) in [5.74, 6) is 1.77. The van der Waals surface area contributed by atoms with E-state index in [9.17, 15) is 0 Å². The van der Waals surface area contributed by atoms with Crippen molar-refractivity contribution in [1.29, 1.82) is 0 Å². The highest BCUT2D eigenvalue weighted by Gasteiger charge is 2.07. The molecule has 2 aromatic rings. The predicted molar refractivity (Wildman–Crippen MR) is 74.5 cm³/mol. The van der Waals surface area contributed by atoms with Crippen LogP contribution in [0.15, 0.2) is 36.4 Å². The van der Waals surface area contributed by atoms with Gasteiger partial charge in [0.25, 0.3) is 0 Å². The number of methoxy groups -OCH3 is 2. The monoisotopic (exact) mass is 242 g/mol. The van der Waals surface area contributed by atoms with Crippen molar-refractivity contribution in [3.05, 3.63) is 47.5 Å². The fraction of sp³-hybridized carbons (Fsp3) is 0.250. The van der Waals surface area contributed by atoms with Crippen LogP contribution in [0.5, 0.6) is 11.5 Å². The van der Waals surface area contributed by atoms with E-state index >= 15 is 0 Å². The number of benzene rings is 2. The van der Waals surface area contributed by atoms with E-state index in [0.717, 1.165) is 11.5 Å². The average molecular weight is 242 g/mol. The highest BCUT2D eigenvalue weighted by Crippen LogP contribution is 2.31. The van der Waals surface area contributed by atoms with Gasteiger partial charge in [-0.05, 0) is 60.4 Å². The minimum atomic E-state index is 0.880. The topological polar surface area (TPSA) is 18.5 Å². The van der Waals surface area contributed by atoms with Gasteiger partial charge >= 0.3 is 0 Å². The number of rotatable bonds is 3. The largest absolute Gasteiger partial charge is 0.497 e. The van der Waals surface area contributed by atoms with Gasteiger partial charge in [0, 0.05) is 0 Å². The molecule has 2 heteroatoms. The van der Waals surface area contributed by atoms with E-state index in [1.165, 1.54) is 22.3 Å². The van der Waals surface area contributed by atoms with Crippen LogP contribution in [0.1, 0.15) is 11.1 Å². The van der Waals surface area contributed by atoms with Gasteiger partial charge in [-0.1, -0.05) is 12.1 Å². The van der Waals surface area contributed by atoms with Crippen molar-refractivity contribution in [3.8, 4) is 22.6 Å². The van der Waals surface area contributed by atoms with Crippen LogP contribution in [0.3, 0.4) is 0 Å². The van der Waals surface area contributed by atoms with Gasteiger partial charge in [-0.25, -0.2) is 0 Å². The second-order valence-electron chi connectivity index (χ2n) is 4.36. The highest BCUT2D eigenvalue weighted by molar-refractivity contribution is 5.72. The maximum atomic E-state index is 5.29. The Balaban J connectivity index is 2.54. The molecule has 2 rings (SSSR count). The van der Waals surface area contributed by atoms with Crippen LogP contribution in [-0.4, -0.2) is 14.2 Å². The van der Waals surface area contributed by atoms with Gasteiger partial charge in [0.05, 0.1) is 14.2 Å². The van der Waals surface area contributed by atoms with Crippen LogP contribution in [0.25, 0.3) is 11.1 Å². The summed E-state index contributed by atoms with van der Waals surface area (Å²) in [6.07, 6.45) is 0. The predicted octanol–water partition coefficient (Wildman–Crippen LogP) is 3.99. The van der Waals surface area contributed by atoms with Crippen LogP contribution in [0.2, 0.25) is 0 Å². The van der Waals surface area contributed by atoms with Crippen molar-refractivity contribution in [2.75, 3.05) is 14.2 Å². The summed E-state index contributed by atoms with van der Waals surface area (Å²) in [7, 11) is 3.38. The molecule has 2 nitrogen and oxygen atoms in total. The molecule has 0 saturated carbocycles. The standard InChI is InChI=1S/C16H18O2/c1-11-5-6-14(18-4)10-16(11)15-8-7-13(17-3)9-12(15)2/h5-10H,1-4H3. The van der Waals surface area contributed by atoms with Crippen molar-refractivity contribution >= 4 is 0 Å². The van der Waals surface area contributed by atoms with Crippen molar-refractivity contribution in [2.24, 2.45) is 0 Å². The highest BCUT2D eigenvalue weighted by atomic mass is 16.5. The first-order chi connectivity index (χ1) is 8.65. The summed E-state index contributed by atoms with van der Waals surface area (Å²) < 4.78 is 10.5. The number of hydrogen-bond donors (Lipinski definition) is 0. The molecule has 0 unspecified atom stereocenters. The summed E-state index contributed by atoms with van der Waals surface area (Å²) in [6, 6.07) is 12.3. The smallest absolute Gasteiger partial charge is 0.119 e. The molecule has 18 heavy (non-hydrogen) atoms. The van der Waals surface area contributed by atoms with Crippen LogP contribution in [-0.2, 0) is 0 Å². The Morgan fingerprint density at radius 1 is 0.667 bits per heavy atom. The third kappa shape index (κ3) is 2.33. The number of ether oxygens (including phenoxy) is 2. The zero-order valence-electron chi connectivity index (χ0n) is 11.3. The number of aryl methyl sites for hydroxylation is 2. The Labute approximate surface area is 108 Å².